The smallest absolute Gasteiger partial charge is 0.122 e. The van der Waals surface area contributed by atoms with Gasteiger partial charge in [0.1, 0.15) is 6.29 Å². The first-order chi connectivity index (χ1) is 7.35. The summed E-state index contributed by atoms with van der Waals surface area (Å²) in [4.78, 5) is 10.5. The van der Waals surface area contributed by atoms with Crippen molar-refractivity contribution in [3.05, 3.63) is 34.4 Å². The SMILES string of the molecule is Cc1cc(C)c(CC(C)(O)CC=O)c(C)c1. The van der Waals surface area contributed by atoms with E-state index in [0.29, 0.717) is 6.42 Å². The molecular weight excluding hydrogens is 200 g/mol. The normalized spacial score (nSPS) is 14.6. The lowest BCUT2D eigenvalue weighted by Gasteiger charge is -2.23. The Kier molecular flexibility index (Phi) is 3.87. The highest BCUT2D eigenvalue weighted by Crippen LogP contribution is 2.23. The van der Waals surface area contributed by atoms with Crippen LogP contribution in [0.25, 0.3) is 0 Å². The Labute approximate surface area is 97.3 Å². The average Bonchev–Trinajstić information content (AvgIpc) is 2.11. The highest BCUT2D eigenvalue weighted by Gasteiger charge is 2.22. The first kappa shape index (κ1) is 12.9. The first-order valence-electron chi connectivity index (χ1n) is 5.58. The van der Waals surface area contributed by atoms with Crippen LogP contribution >= 0.6 is 0 Å². The minimum atomic E-state index is -0.938. The van der Waals surface area contributed by atoms with Crippen LogP contribution in [0.2, 0.25) is 0 Å². The molecular formula is C14H20O2. The molecule has 0 bridgehead atoms. The molecule has 1 atom stereocenters. The molecule has 0 radical (unpaired) electrons. The van der Waals surface area contributed by atoms with E-state index in [1.54, 1.807) is 6.92 Å². The maximum absolute atomic E-state index is 10.5. The van der Waals surface area contributed by atoms with Crippen molar-refractivity contribution in [2.45, 2.75) is 46.1 Å². The molecule has 2 nitrogen and oxygen atoms in total. The molecule has 0 aromatic heterocycles. The van der Waals surface area contributed by atoms with Crippen LogP contribution in [0.4, 0.5) is 0 Å². The third-order valence-electron chi connectivity index (χ3n) is 2.92. The van der Waals surface area contributed by atoms with E-state index in [-0.39, 0.29) is 6.42 Å². The van der Waals surface area contributed by atoms with E-state index >= 15 is 0 Å². The average molecular weight is 220 g/mol. The molecule has 0 aliphatic carbocycles. The molecule has 0 heterocycles. The number of aliphatic hydroxyl groups is 1. The van der Waals surface area contributed by atoms with E-state index in [0.717, 1.165) is 11.8 Å². The van der Waals surface area contributed by atoms with Gasteiger partial charge in [0.25, 0.3) is 0 Å². The monoisotopic (exact) mass is 220 g/mol. The summed E-state index contributed by atoms with van der Waals surface area (Å²) in [7, 11) is 0. The van der Waals surface area contributed by atoms with Crippen LogP contribution in [0, 0.1) is 20.8 Å². The number of aldehydes is 1. The van der Waals surface area contributed by atoms with Crippen LogP contribution in [0.1, 0.15) is 35.6 Å². The summed E-state index contributed by atoms with van der Waals surface area (Å²) in [6, 6.07) is 4.22. The van der Waals surface area contributed by atoms with Crippen LogP contribution in [-0.2, 0) is 11.2 Å². The third-order valence-corrected chi connectivity index (χ3v) is 2.92. The van der Waals surface area contributed by atoms with Crippen molar-refractivity contribution in [2.24, 2.45) is 0 Å². The molecule has 16 heavy (non-hydrogen) atoms. The standard InChI is InChI=1S/C14H20O2/c1-10-7-11(2)13(12(3)8-10)9-14(4,16)5-6-15/h6-8,16H,5,9H2,1-4H3. The molecule has 1 aromatic carbocycles. The van der Waals surface area contributed by atoms with E-state index in [2.05, 4.69) is 19.1 Å². The fourth-order valence-corrected chi connectivity index (χ4v) is 2.12. The number of hydrogen-bond donors (Lipinski definition) is 1. The number of benzene rings is 1. The van der Waals surface area contributed by atoms with Crippen molar-refractivity contribution in [3.8, 4) is 0 Å². The second kappa shape index (κ2) is 4.79. The highest BCUT2D eigenvalue weighted by molar-refractivity contribution is 5.51. The summed E-state index contributed by atoms with van der Waals surface area (Å²) in [5.74, 6) is 0. The van der Waals surface area contributed by atoms with Crippen LogP contribution < -0.4 is 0 Å². The lowest BCUT2D eigenvalue weighted by Crippen LogP contribution is -2.28. The zero-order valence-corrected chi connectivity index (χ0v) is 10.5. The van der Waals surface area contributed by atoms with Crippen LogP contribution in [0.5, 0.6) is 0 Å². The van der Waals surface area contributed by atoms with Gasteiger partial charge in [0.2, 0.25) is 0 Å². The Bertz CT molecular complexity index is 369. The quantitative estimate of drug-likeness (QED) is 0.792. The molecule has 1 rings (SSSR count). The van der Waals surface area contributed by atoms with E-state index in [1.165, 1.54) is 16.7 Å². The highest BCUT2D eigenvalue weighted by atomic mass is 16.3. The van der Waals surface area contributed by atoms with Crippen molar-refractivity contribution >= 4 is 6.29 Å². The minimum Gasteiger partial charge on any atom is -0.389 e. The molecule has 2 heteroatoms. The van der Waals surface area contributed by atoms with Crippen LogP contribution in [0.3, 0.4) is 0 Å². The number of carbonyl (C=O) groups excluding carboxylic acids is 1. The summed E-state index contributed by atoms with van der Waals surface area (Å²) in [5.41, 5.74) is 3.81. The molecule has 0 saturated carbocycles. The van der Waals surface area contributed by atoms with Gasteiger partial charge in [0, 0.05) is 12.8 Å². The predicted molar refractivity (Wildman–Crippen MR) is 65.7 cm³/mol. The predicted octanol–water partition coefficient (Wildman–Crippen LogP) is 2.49. The van der Waals surface area contributed by atoms with Gasteiger partial charge in [-0.2, -0.15) is 0 Å². The van der Waals surface area contributed by atoms with Gasteiger partial charge in [-0.1, -0.05) is 17.7 Å². The van der Waals surface area contributed by atoms with Crippen molar-refractivity contribution in [1.29, 1.82) is 0 Å². The molecule has 0 aliphatic heterocycles. The molecule has 88 valence electrons. The maximum Gasteiger partial charge on any atom is 0.122 e. The van der Waals surface area contributed by atoms with Gasteiger partial charge < -0.3 is 9.90 Å². The molecule has 0 aliphatic rings. The molecule has 1 aromatic rings. The van der Waals surface area contributed by atoms with Crippen molar-refractivity contribution in [3.63, 3.8) is 0 Å². The van der Waals surface area contributed by atoms with Gasteiger partial charge in [0.05, 0.1) is 5.60 Å². The molecule has 0 amide bonds. The van der Waals surface area contributed by atoms with Crippen LogP contribution in [-0.4, -0.2) is 17.0 Å². The number of hydrogen-bond acceptors (Lipinski definition) is 2. The fourth-order valence-electron chi connectivity index (χ4n) is 2.12. The maximum atomic E-state index is 10.5. The third kappa shape index (κ3) is 3.17. The number of aryl methyl sites for hydroxylation is 3. The van der Waals surface area contributed by atoms with Gasteiger partial charge in [0.15, 0.2) is 0 Å². The topological polar surface area (TPSA) is 37.3 Å². The molecule has 1 N–H and O–H groups in total. The zero-order valence-electron chi connectivity index (χ0n) is 10.5. The summed E-state index contributed by atoms with van der Waals surface area (Å²) >= 11 is 0. The van der Waals surface area contributed by atoms with Gasteiger partial charge in [-0.05, 0) is 44.4 Å². The van der Waals surface area contributed by atoms with E-state index < -0.39 is 5.60 Å². The van der Waals surface area contributed by atoms with Crippen LogP contribution in [0.15, 0.2) is 12.1 Å². The van der Waals surface area contributed by atoms with Gasteiger partial charge in [-0.25, -0.2) is 0 Å². The van der Waals surface area contributed by atoms with Crippen molar-refractivity contribution in [2.75, 3.05) is 0 Å². The van der Waals surface area contributed by atoms with Crippen molar-refractivity contribution in [1.82, 2.24) is 0 Å². The largest absolute Gasteiger partial charge is 0.389 e. The second-order valence-corrected chi connectivity index (χ2v) is 4.92. The molecule has 1 unspecified atom stereocenters. The molecule has 0 fully saturated rings. The van der Waals surface area contributed by atoms with E-state index in [4.69, 9.17) is 0 Å². The summed E-state index contributed by atoms with van der Waals surface area (Å²) < 4.78 is 0. The fraction of sp³-hybridized carbons (Fsp3) is 0.500. The summed E-state index contributed by atoms with van der Waals surface area (Å²) in [6.45, 7) is 7.87. The van der Waals surface area contributed by atoms with Gasteiger partial charge in [-0.3, -0.25) is 0 Å². The Balaban J connectivity index is 3.01. The van der Waals surface area contributed by atoms with Gasteiger partial charge >= 0.3 is 0 Å². The number of rotatable bonds is 4. The van der Waals surface area contributed by atoms with E-state index in [1.807, 2.05) is 13.8 Å². The Morgan fingerprint density at radius 2 is 1.75 bits per heavy atom. The lowest BCUT2D eigenvalue weighted by atomic mass is 9.88. The molecule has 0 spiro atoms. The molecule has 0 saturated heterocycles. The zero-order chi connectivity index (χ0) is 12.3. The Hall–Kier alpha value is -1.15. The summed E-state index contributed by atoms with van der Waals surface area (Å²) in [5, 5.41) is 10.1. The summed E-state index contributed by atoms with van der Waals surface area (Å²) in [6.07, 6.45) is 1.49. The van der Waals surface area contributed by atoms with Crippen molar-refractivity contribution < 1.29 is 9.90 Å². The minimum absolute atomic E-state index is 0.180. The van der Waals surface area contributed by atoms with Gasteiger partial charge in [-0.15, -0.1) is 0 Å². The first-order valence-corrected chi connectivity index (χ1v) is 5.58. The lowest BCUT2D eigenvalue weighted by molar-refractivity contribution is -0.111. The van der Waals surface area contributed by atoms with E-state index in [9.17, 15) is 9.90 Å². The number of carbonyl (C=O) groups is 1. The Morgan fingerprint density at radius 1 is 1.25 bits per heavy atom. The second-order valence-electron chi connectivity index (χ2n) is 4.92. The Morgan fingerprint density at radius 3 is 2.19 bits per heavy atom.